The third-order valence-corrected chi connectivity index (χ3v) is 11.0. The predicted octanol–water partition coefficient (Wildman–Crippen LogP) is 4.90. The van der Waals surface area contributed by atoms with E-state index in [4.69, 9.17) is 4.74 Å². The van der Waals surface area contributed by atoms with Crippen molar-refractivity contribution >= 4 is 29.4 Å². The van der Waals surface area contributed by atoms with E-state index < -0.39 is 35.9 Å². The summed E-state index contributed by atoms with van der Waals surface area (Å²) in [6.45, 7) is 1.56. The molecule has 1 saturated carbocycles. The van der Waals surface area contributed by atoms with Crippen molar-refractivity contribution in [3.05, 3.63) is 126 Å². The Bertz CT molecular complexity index is 1910. The Morgan fingerprint density at radius 1 is 0.893 bits per heavy atom. The lowest BCUT2D eigenvalue weighted by atomic mass is 9.81. The number of aliphatic hydroxyl groups is 1. The Morgan fingerprint density at radius 2 is 1.57 bits per heavy atom. The number of anilines is 1. The molecule has 0 radical (unpaired) electrons. The number of rotatable bonds is 17. The molecule has 294 valence electrons. The van der Waals surface area contributed by atoms with E-state index in [1.807, 2.05) is 77.7 Å². The summed E-state index contributed by atoms with van der Waals surface area (Å²) in [5, 5.41) is 27.9. The zero-order chi connectivity index (χ0) is 39.5. The number of amides is 3. The fourth-order valence-electron chi connectivity index (χ4n) is 8.13. The molecule has 3 aromatic carbocycles. The summed E-state index contributed by atoms with van der Waals surface area (Å²) in [5.41, 5.74) is 2.59. The van der Waals surface area contributed by atoms with Crippen LogP contribution in [0.3, 0.4) is 0 Å². The highest BCUT2D eigenvalue weighted by Crippen LogP contribution is 2.41. The number of aryl methyl sites for hydroxylation is 1. The molecule has 1 aliphatic carbocycles. The van der Waals surface area contributed by atoms with Crippen molar-refractivity contribution in [3.63, 3.8) is 0 Å². The third-order valence-electron chi connectivity index (χ3n) is 11.0. The molecule has 12 heteroatoms. The number of nitrogens with one attached hydrogen (secondary N) is 2. The number of ether oxygens (including phenoxy) is 1. The second-order valence-electron chi connectivity index (χ2n) is 14.8. The first-order valence-corrected chi connectivity index (χ1v) is 19.4. The average Bonchev–Trinajstić information content (AvgIpc) is 3.80. The number of pyridine rings is 1. The van der Waals surface area contributed by atoms with E-state index >= 15 is 0 Å². The van der Waals surface area contributed by atoms with E-state index in [9.17, 15) is 29.4 Å². The zero-order valence-electron chi connectivity index (χ0n) is 31.8. The molecule has 6 rings (SSSR count). The van der Waals surface area contributed by atoms with Gasteiger partial charge < -0.3 is 35.4 Å². The topological polar surface area (TPSA) is 161 Å². The predicted molar refractivity (Wildman–Crippen MR) is 211 cm³/mol. The summed E-state index contributed by atoms with van der Waals surface area (Å²) in [5.74, 6) is -1.31. The number of benzene rings is 3. The van der Waals surface area contributed by atoms with Crippen molar-refractivity contribution in [1.82, 2.24) is 20.5 Å². The monoisotopic (exact) mass is 761 g/mol. The van der Waals surface area contributed by atoms with Crippen LogP contribution in [-0.4, -0.2) is 81.4 Å². The van der Waals surface area contributed by atoms with Crippen molar-refractivity contribution in [2.75, 3.05) is 18.1 Å². The average molecular weight is 762 g/mol. The van der Waals surface area contributed by atoms with Crippen LogP contribution in [-0.2, 0) is 38.4 Å². The van der Waals surface area contributed by atoms with E-state index in [2.05, 4.69) is 15.6 Å². The van der Waals surface area contributed by atoms with Crippen molar-refractivity contribution in [2.24, 2.45) is 5.41 Å². The van der Waals surface area contributed by atoms with Gasteiger partial charge in [-0.2, -0.15) is 0 Å². The lowest BCUT2D eigenvalue weighted by Crippen LogP contribution is -2.49. The van der Waals surface area contributed by atoms with Gasteiger partial charge in [-0.15, -0.1) is 0 Å². The molecule has 56 heavy (non-hydrogen) atoms. The van der Waals surface area contributed by atoms with Crippen LogP contribution in [0.25, 0.3) is 0 Å². The molecule has 2 aliphatic rings. The molecular weight excluding hydrogens is 711 g/mol. The first-order valence-electron chi connectivity index (χ1n) is 19.4. The first-order chi connectivity index (χ1) is 27.1. The summed E-state index contributed by atoms with van der Waals surface area (Å²) < 4.78 is 5.93. The van der Waals surface area contributed by atoms with Gasteiger partial charge >= 0.3 is 5.97 Å². The maximum Gasteiger partial charge on any atom is 0.326 e. The summed E-state index contributed by atoms with van der Waals surface area (Å²) in [6.07, 6.45) is 6.81. The number of para-hydroxylation sites is 1. The molecule has 1 aromatic heterocycles. The number of hydrogen-bond donors (Lipinski definition) is 4. The van der Waals surface area contributed by atoms with Gasteiger partial charge in [-0.05, 0) is 85.5 Å². The maximum atomic E-state index is 14.2. The number of nitrogens with zero attached hydrogens (tertiary/aromatic N) is 3. The van der Waals surface area contributed by atoms with Gasteiger partial charge in [0.2, 0.25) is 11.8 Å². The number of aliphatic hydroxyl groups excluding tert-OH is 1. The van der Waals surface area contributed by atoms with Gasteiger partial charge in [-0.1, -0.05) is 79.6 Å². The van der Waals surface area contributed by atoms with E-state index in [1.165, 1.54) is 6.92 Å². The molecule has 3 amide bonds. The number of hydrogen-bond acceptors (Lipinski definition) is 8. The molecule has 2 heterocycles. The van der Waals surface area contributed by atoms with Gasteiger partial charge in [0.15, 0.2) is 6.61 Å². The van der Waals surface area contributed by atoms with Gasteiger partial charge in [-0.3, -0.25) is 19.4 Å². The van der Waals surface area contributed by atoms with Gasteiger partial charge in [0, 0.05) is 38.0 Å². The second kappa shape index (κ2) is 18.7. The highest BCUT2D eigenvalue weighted by Gasteiger charge is 2.48. The number of carboxylic acids is 1. The summed E-state index contributed by atoms with van der Waals surface area (Å²) in [4.78, 5) is 59.7. The quantitative estimate of drug-likeness (QED) is 0.117. The summed E-state index contributed by atoms with van der Waals surface area (Å²) in [7, 11) is 0. The molecule has 1 saturated heterocycles. The smallest absolute Gasteiger partial charge is 0.326 e. The minimum atomic E-state index is -1.16. The van der Waals surface area contributed by atoms with Crippen LogP contribution in [0.15, 0.2) is 109 Å². The van der Waals surface area contributed by atoms with E-state index in [1.54, 1.807) is 41.6 Å². The fourth-order valence-corrected chi connectivity index (χ4v) is 8.13. The Balaban J connectivity index is 1.25. The number of aromatic nitrogens is 1. The lowest BCUT2D eigenvalue weighted by Gasteiger charge is -2.33. The highest BCUT2D eigenvalue weighted by atomic mass is 16.5. The summed E-state index contributed by atoms with van der Waals surface area (Å²) in [6, 6.07) is 28.4. The molecule has 4 aromatic rings. The van der Waals surface area contributed by atoms with Crippen LogP contribution < -0.4 is 20.3 Å². The highest BCUT2D eigenvalue weighted by molar-refractivity contribution is 5.88. The van der Waals surface area contributed by atoms with Gasteiger partial charge in [-0.25, -0.2) is 4.79 Å². The van der Waals surface area contributed by atoms with Crippen LogP contribution in [0.5, 0.6) is 5.75 Å². The molecular formula is C44H51N5O7. The van der Waals surface area contributed by atoms with E-state index in [-0.39, 0.29) is 30.7 Å². The largest absolute Gasteiger partial charge is 0.484 e. The van der Waals surface area contributed by atoms with Gasteiger partial charge in [0.25, 0.3) is 5.91 Å². The minimum Gasteiger partial charge on any atom is -0.484 e. The molecule has 2 unspecified atom stereocenters. The minimum absolute atomic E-state index is 0.0498. The molecule has 4 N–H and O–H groups in total. The second-order valence-corrected chi connectivity index (χ2v) is 14.8. The Labute approximate surface area is 327 Å². The van der Waals surface area contributed by atoms with E-state index in [0.717, 1.165) is 24.0 Å². The molecule has 4 atom stereocenters. The molecule has 2 fully saturated rings. The van der Waals surface area contributed by atoms with Crippen LogP contribution in [0.4, 0.5) is 5.69 Å². The first kappa shape index (κ1) is 39.9. The number of carbonyl (C=O) groups is 4. The van der Waals surface area contributed by atoms with Gasteiger partial charge in [0.1, 0.15) is 24.2 Å². The number of carboxylic acid groups (broad SMARTS) is 1. The maximum absolute atomic E-state index is 14.2. The molecule has 1 aliphatic heterocycles. The third kappa shape index (κ3) is 9.91. The molecule has 12 nitrogen and oxygen atoms in total. The molecule has 0 bridgehead atoms. The van der Waals surface area contributed by atoms with Gasteiger partial charge in [0.05, 0.1) is 11.5 Å². The van der Waals surface area contributed by atoms with Crippen LogP contribution in [0, 0.1) is 5.41 Å². The van der Waals surface area contributed by atoms with Crippen LogP contribution in [0.2, 0.25) is 0 Å². The summed E-state index contributed by atoms with van der Waals surface area (Å²) >= 11 is 0. The van der Waals surface area contributed by atoms with Crippen molar-refractivity contribution in [1.29, 1.82) is 0 Å². The van der Waals surface area contributed by atoms with Crippen LogP contribution in [0.1, 0.15) is 62.1 Å². The standard InChI is InChI=1S/C44H51N5O7/c1-31(50)46-26-24-44(22-8-9-23-44)43(55)47-37(42(53)54)27-33-16-19-35(20-17-33)48-39(21-18-32-11-4-2-5-12-32)49(40(51)30-56-36-14-6-3-7-15-36)38(41(48)52)28-34-13-10-25-45-29-34/h2-7,10-17,19-20,25,29,37-39,41,52H,8-9,18,21-24,26-28,30H2,1H3,(H,46,50)(H,47,55)(H,53,54)/t37?,38-,39?,41-/m1/s1. The zero-order valence-corrected chi connectivity index (χ0v) is 31.8. The molecule has 0 spiro atoms. The van der Waals surface area contributed by atoms with Crippen molar-refractivity contribution in [3.8, 4) is 5.75 Å². The lowest BCUT2D eigenvalue weighted by molar-refractivity contribution is -0.144. The normalized spacial score (nSPS) is 19.3. The SMILES string of the molecule is CC(=O)NCCC1(C(=O)NC(Cc2ccc(N3C(CCc4ccccc4)N(C(=O)COc4ccccc4)[C@H](Cc4cccnc4)[C@H]3O)cc2)C(=O)O)CCCC1. The Hall–Kier alpha value is -5.75. The number of aliphatic carboxylic acids is 1. The van der Waals surface area contributed by atoms with Crippen LogP contribution >= 0.6 is 0 Å². The Kier molecular flexibility index (Phi) is 13.4. The Morgan fingerprint density at radius 3 is 2.21 bits per heavy atom. The number of carbonyl (C=O) groups excluding carboxylic acids is 3. The van der Waals surface area contributed by atoms with E-state index in [0.29, 0.717) is 62.1 Å². The fraction of sp³-hybridized carbons (Fsp3) is 0.386. The van der Waals surface area contributed by atoms with Crippen molar-refractivity contribution in [2.45, 2.75) is 89.2 Å². The van der Waals surface area contributed by atoms with Crippen molar-refractivity contribution < 1.29 is 34.1 Å².